The van der Waals surface area contributed by atoms with Crippen LogP contribution in [0.4, 0.5) is 5.82 Å². The van der Waals surface area contributed by atoms with E-state index in [9.17, 15) is 4.79 Å². The van der Waals surface area contributed by atoms with Crippen molar-refractivity contribution in [3.63, 3.8) is 0 Å². The van der Waals surface area contributed by atoms with Crippen molar-refractivity contribution in [1.82, 2.24) is 4.98 Å². The molecule has 0 saturated carbocycles. The molecule has 144 valence electrons. The van der Waals surface area contributed by atoms with E-state index in [0.717, 1.165) is 67.8 Å². The number of carbonyl (C=O) groups excluding carboxylic acids is 1. The van der Waals surface area contributed by atoms with Gasteiger partial charge in [0.15, 0.2) is 0 Å². The molecule has 0 spiro atoms. The summed E-state index contributed by atoms with van der Waals surface area (Å²) in [6.45, 7) is 4.64. The minimum atomic E-state index is 0.186. The number of hydrogen-bond acceptors (Lipinski definition) is 5. The topological polar surface area (TPSA) is 62.7 Å². The molecule has 5 nitrogen and oxygen atoms in total. The van der Waals surface area contributed by atoms with Crippen LogP contribution in [0.5, 0.6) is 5.75 Å². The summed E-state index contributed by atoms with van der Waals surface area (Å²) in [4.78, 5) is 17.8. The van der Waals surface area contributed by atoms with Gasteiger partial charge in [0, 0.05) is 31.8 Å². The molecule has 1 saturated heterocycles. The predicted octanol–water partition coefficient (Wildman–Crippen LogP) is 3.62. The van der Waals surface area contributed by atoms with Gasteiger partial charge < -0.3 is 19.5 Å². The van der Waals surface area contributed by atoms with Crippen LogP contribution in [0.15, 0.2) is 36.5 Å². The minimum absolute atomic E-state index is 0.186. The summed E-state index contributed by atoms with van der Waals surface area (Å²) in [5.74, 6) is 2.00. The highest BCUT2D eigenvalue weighted by Gasteiger charge is 2.20. The molecule has 1 N–H and O–H groups in total. The van der Waals surface area contributed by atoms with Gasteiger partial charge in [0.25, 0.3) is 0 Å². The van der Waals surface area contributed by atoms with Gasteiger partial charge in [-0.2, -0.15) is 0 Å². The van der Waals surface area contributed by atoms with E-state index < -0.39 is 0 Å². The average Bonchev–Trinajstić information content (AvgIpc) is 2.72. The Balaban J connectivity index is 1.75. The largest absolute Gasteiger partial charge is 0.494 e. The second-order valence-electron chi connectivity index (χ2n) is 7.12. The van der Waals surface area contributed by atoms with Crippen molar-refractivity contribution in [2.45, 2.75) is 32.6 Å². The number of aryl methyl sites for hydroxylation is 1. The number of benzene rings is 1. The molecule has 0 atom stereocenters. The summed E-state index contributed by atoms with van der Waals surface area (Å²) < 4.78 is 5.83. The molecule has 0 aliphatic carbocycles. The van der Waals surface area contributed by atoms with Gasteiger partial charge >= 0.3 is 0 Å². The fourth-order valence-corrected chi connectivity index (χ4v) is 3.43. The van der Waals surface area contributed by atoms with E-state index in [1.165, 1.54) is 5.56 Å². The number of rotatable bonds is 8. The molecule has 1 fully saturated rings. The molecule has 1 aromatic carbocycles. The second kappa shape index (κ2) is 9.51. The summed E-state index contributed by atoms with van der Waals surface area (Å²) in [5, 5.41) is 8.87. The number of nitrogens with zero attached hydrogens (tertiary/aromatic N) is 2. The Morgan fingerprint density at radius 1 is 1.22 bits per heavy atom. The average molecular weight is 368 g/mol. The van der Waals surface area contributed by atoms with Gasteiger partial charge in [-0.3, -0.25) is 0 Å². The number of pyridine rings is 1. The Morgan fingerprint density at radius 2 is 2.04 bits per heavy atom. The zero-order valence-electron chi connectivity index (χ0n) is 15.9. The maximum atomic E-state index is 11.0. The van der Waals surface area contributed by atoms with Crippen molar-refractivity contribution in [2.75, 3.05) is 31.2 Å². The van der Waals surface area contributed by atoms with Gasteiger partial charge in [0.05, 0.1) is 6.61 Å². The molecule has 2 heterocycles. The lowest BCUT2D eigenvalue weighted by Crippen LogP contribution is -2.34. The second-order valence-corrected chi connectivity index (χ2v) is 7.12. The van der Waals surface area contributed by atoms with Crippen LogP contribution in [0.2, 0.25) is 0 Å². The number of aromatic nitrogens is 1. The van der Waals surface area contributed by atoms with Gasteiger partial charge in [-0.25, -0.2) is 4.98 Å². The summed E-state index contributed by atoms with van der Waals surface area (Å²) in [6, 6.07) is 10.3. The van der Waals surface area contributed by atoms with Gasteiger partial charge in [0.2, 0.25) is 0 Å². The van der Waals surface area contributed by atoms with Gasteiger partial charge in [0.1, 0.15) is 17.9 Å². The van der Waals surface area contributed by atoms with E-state index >= 15 is 0 Å². The number of aliphatic hydroxyl groups is 1. The van der Waals surface area contributed by atoms with Gasteiger partial charge in [-0.15, -0.1) is 0 Å². The maximum absolute atomic E-state index is 11.0. The minimum Gasteiger partial charge on any atom is -0.494 e. The number of ether oxygens (including phenoxy) is 1. The number of aliphatic hydroxyl groups excluding tert-OH is 1. The Kier molecular flexibility index (Phi) is 6.82. The molecule has 1 aliphatic heterocycles. The van der Waals surface area contributed by atoms with Crippen LogP contribution >= 0.6 is 0 Å². The van der Waals surface area contributed by atoms with Crippen molar-refractivity contribution in [3.05, 3.63) is 42.1 Å². The summed E-state index contributed by atoms with van der Waals surface area (Å²) >= 11 is 0. The highest BCUT2D eigenvalue weighted by molar-refractivity contribution is 5.71. The van der Waals surface area contributed by atoms with Crippen LogP contribution in [0.25, 0.3) is 11.1 Å². The third kappa shape index (κ3) is 5.07. The number of aldehydes is 1. The standard InChI is InChI=1S/C22H28N2O3/c1-17-4-5-20(27-13-3-2-12-25)15-21(17)19-6-9-23-22(14-19)24-10-7-18(16-26)8-11-24/h4-6,9,14-16,18,25H,2-3,7-8,10-13H2,1H3. The Bertz CT molecular complexity index is 755. The van der Waals surface area contributed by atoms with E-state index in [4.69, 9.17) is 9.84 Å². The van der Waals surface area contributed by atoms with Crippen LogP contribution in [0.3, 0.4) is 0 Å². The smallest absolute Gasteiger partial charge is 0.129 e. The number of piperidine rings is 1. The first kappa shape index (κ1) is 19.4. The van der Waals surface area contributed by atoms with Crippen LogP contribution in [-0.2, 0) is 4.79 Å². The summed E-state index contributed by atoms with van der Waals surface area (Å²) in [5.41, 5.74) is 3.45. The van der Waals surface area contributed by atoms with Gasteiger partial charge in [-0.1, -0.05) is 6.07 Å². The highest BCUT2D eigenvalue weighted by atomic mass is 16.5. The third-order valence-electron chi connectivity index (χ3n) is 5.14. The SMILES string of the molecule is Cc1ccc(OCCCCO)cc1-c1ccnc(N2CCC(C=O)CC2)c1. The lowest BCUT2D eigenvalue weighted by atomic mass is 9.98. The molecule has 0 bridgehead atoms. The zero-order valence-corrected chi connectivity index (χ0v) is 15.9. The maximum Gasteiger partial charge on any atom is 0.129 e. The van der Waals surface area contributed by atoms with Crippen molar-refractivity contribution >= 4 is 12.1 Å². The van der Waals surface area contributed by atoms with Crippen molar-refractivity contribution < 1.29 is 14.6 Å². The molecule has 3 rings (SSSR count). The fraction of sp³-hybridized carbons (Fsp3) is 0.455. The van der Waals surface area contributed by atoms with Crippen LogP contribution in [-0.4, -0.2) is 42.7 Å². The quantitative estimate of drug-likeness (QED) is 0.569. The molecule has 5 heteroatoms. The summed E-state index contributed by atoms with van der Waals surface area (Å²) in [7, 11) is 0. The number of unbranched alkanes of at least 4 members (excludes halogenated alkanes) is 1. The Labute approximate surface area is 161 Å². The number of hydrogen-bond donors (Lipinski definition) is 1. The van der Waals surface area contributed by atoms with E-state index in [1.807, 2.05) is 18.3 Å². The first-order chi connectivity index (χ1) is 13.2. The molecule has 1 aromatic heterocycles. The molecule has 1 aliphatic rings. The van der Waals surface area contributed by atoms with E-state index in [0.29, 0.717) is 6.61 Å². The van der Waals surface area contributed by atoms with Crippen LogP contribution < -0.4 is 9.64 Å². The van der Waals surface area contributed by atoms with Crippen molar-refractivity contribution in [3.8, 4) is 16.9 Å². The third-order valence-corrected chi connectivity index (χ3v) is 5.14. The molecule has 2 aromatic rings. The van der Waals surface area contributed by atoms with Gasteiger partial charge in [-0.05, 0) is 73.6 Å². The monoisotopic (exact) mass is 368 g/mol. The Hall–Kier alpha value is -2.40. The normalized spacial score (nSPS) is 15.0. The van der Waals surface area contributed by atoms with Crippen LogP contribution in [0.1, 0.15) is 31.2 Å². The van der Waals surface area contributed by atoms with Crippen molar-refractivity contribution in [2.24, 2.45) is 5.92 Å². The first-order valence-electron chi connectivity index (χ1n) is 9.72. The van der Waals surface area contributed by atoms with E-state index in [1.54, 1.807) is 0 Å². The molecular formula is C22H28N2O3. The number of anilines is 1. The highest BCUT2D eigenvalue weighted by Crippen LogP contribution is 2.30. The lowest BCUT2D eigenvalue weighted by molar-refractivity contribution is -0.111. The van der Waals surface area contributed by atoms with Crippen LogP contribution in [0, 0.1) is 12.8 Å². The number of carbonyl (C=O) groups is 1. The molecular weight excluding hydrogens is 340 g/mol. The zero-order chi connectivity index (χ0) is 19.1. The molecule has 27 heavy (non-hydrogen) atoms. The summed E-state index contributed by atoms with van der Waals surface area (Å²) in [6.07, 6.45) is 6.32. The van der Waals surface area contributed by atoms with E-state index in [-0.39, 0.29) is 12.5 Å². The Morgan fingerprint density at radius 3 is 2.78 bits per heavy atom. The van der Waals surface area contributed by atoms with E-state index in [2.05, 4.69) is 35.0 Å². The molecule has 0 unspecified atom stereocenters. The molecule has 0 radical (unpaired) electrons. The van der Waals surface area contributed by atoms with Crippen molar-refractivity contribution in [1.29, 1.82) is 0 Å². The predicted molar refractivity (Wildman–Crippen MR) is 107 cm³/mol. The lowest BCUT2D eigenvalue weighted by Gasteiger charge is -2.30. The molecule has 0 amide bonds. The first-order valence-corrected chi connectivity index (χ1v) is 9.72. The fourth-order valence-electron chi connectivity index (χ4n) is 3.43.